The second kappa shape index (κ2) is 4.99. The summed E-state index contributed by atoms with van der Waals surface area (Å²) in [6, 6.07) is 12.9. The minimum Gasteiger partial charge on any atom is -0.399 e. The fraction of sp³-hybridized carbons (Fsp3) is 0. The first-order chi connectivity index (χ1) is 8.47. The number of sulfonamides is 1. The van der Waals surface area contributed by atoms with E-state index in [-0.39, 0.29) is 4.90 Å². The van der Waals surface area contributed by atoms with E-state index in [0.717, 1.165) is 4.47 Å². The topological polar surface area (TPSA) is 72.2 Å². The van der Waals surface area contributed by atoms with E-state index in [9.17, 15) is 8.42 Å². The number of nitrogens with two attached hydrogens (primary N) is 1. The lowest BCUT2D eigenvalue weighted by molar-refractivity contribution is 0.601. The van der Waals surface area contributed by atoms with E-state index in [1.807, 2.05) is 0 Å². The van der Waals surface area contributed by atoms with Crippen LogP contribution in [-0.4, -0.2) is 8.42 Å². The predicted octanol–water partition coefficient (Wildman–Crippen LogP) is 2.83. The van der Waals surface area contributed by atoms with E-state index in [4.69, 9.17) is 5.73 Å². The van der Waals surface area contributed by atoms with Crippen LogP contribution in [0.15, 0.2) is 57.9 Å². The number of anilines is 2. The highest BCUT2D eigenvalue weighted by Crippen LogP contribution is 2.19. The predicted molar refractivity (Wildman–Crippen MR) is 75.8 cm³/mol. The SMILES string of the molecule is Nc1ccc(S(=O)(=O)Nc2ccc(Br)cc2)cc1. The van der Waals surface area contributed by atoms with Gasteiger partial charge < -0.3 is 5.73 Å². The maximum Gasteiger partial charge on any atom is 0.261 e. The minimum absolute atomic E-state index is 0.180. The minimum atomic E-state index is -3.56. The average molecular weight is 327 g/mol. The lowest BCUT2D eigenvalue weighted by Crippen LogP contribution is -2.12. The summed E-state index contributed by atoms with van der Waals surface area (Å²) in [7, 11) is -3.56. The van der Waals surface area contributed by atoms with Crippen LogP contribution in [0.5, 0.6) is 0 Å². The molecule has 2 aromatic rings. The number of hydrogen-bond acceptors (Lipinski definition) is 3. The van der Waals surface area contributed by atoms with Crippen molar-refractivity contribution in [3.63, 3.8) is 0 Å². The van der Waals surface area contributed by atoms with Crippen LogP contribution in [0.1, 0.15) is 0 Å². The third-order valence-electron chi connectivity index (χ3n) is 2.29. The molecule has 0 radical (unpaired) electrons. The molecule has 18 heavy (non-hydrogen) atoms. The number of nitrogen functional groups attached to an aromatic ring is 1. The summed E-state index contributed by atoms with van der Waals surface area (Å²) in [5.74, 6) is 0. The first kappa shape index (κ1) is 12.9. The van der Waals surface area contributed by atoms with Crippen molar-refractivity contribution in [1.29, 1.82) is 0 Å². The Hall–Kier alpha value is -1.53. The Bertz CT molecular complexity index is 637. The van der Waals surface area contributed by atoms with Gasteiger partial charge in [-0.2, -0.15) is 0 Å². The highest BCUT2D eigenvalue weighted by atomic mass is 79.9. The largest absolute Gasteiger partial charge is 0.399 e. The van der Waals surface area contributed by atoms with Crippen molar-refractivity contribution < 1.29 is 8.42 Å². The standard InChI is InChI=1S/C12H11BrN2O2S/c13-9-1-5-11(6-2-9)15-18(16,17)12-7-3-10(14)4-8-12/h1-8,15H,14H2. The Morgan fingerprint density at radius 3 is 2.06 bits per heavy atom. The maximum atomic E-state index is 12.0. The fourth-order valence-corrected chi connectivity index (χ4v) is 2.70. The molecule has 6 heteroatoms. The van der Waals surface area contributed by atoms with Gasteiger partial charge in [0.05, 0.1) is 4.90 Å². The van der Waals surface area contributed by atoms with E-state index in [2.05, 4.69) is 20.7 Å². The molecule has 0 saturated carbocycles. The van der Waals surface area contributed by atoms with Crippen LogP contribution in [0.4, 0.5) is 11.4 Å². The number of hydrogen-bond donors (Lipinski definition) is 2. The monoisotopic (exact) mass is 326 g/mol. The molecule has 4 nitrogen and oxygen atoms in total. The van der Waals surface area contributed by atoms with Crippen LogP contribution in [0.2, 0.25) is 0 Å². The van der Waals surface area contributed by atoms with Crippen molar-refractivity contribution in [3.8, 4) is 0 Å². The zero-order valence-corrected chi connectivity index (χ0v) is 11.7. The van der Waals surface area contributed by atoms with Crippen LogP contribution in [0, 0.1) is 0 Å². The molecule has 0 unspecified atom stereocenters. The second-order valence-electron chi connectivity index (χ2n) is 3.68. The molecule has 0 aliphatic heterocycles. The summed E-state index contributed by atoms with van der Waals surface area (Å²) in [5.41, 5.74) is 6.55. The second-order valence-corrected chi connectivity index (χ2v) is 6.28. The van der Waals surface area contributed by atoms with Crippen molar-refractivity contribution >= 4 is 37.3 Å². The molecule has 0 aromatic heterocycles. The maximum absolute atomic E-state index is 12.0. The zero-order chi connectivity index (χ0) is 13.2. The molecular formula is C12H11BrN2O2S. The Labute approximate surface area is 114 Å². The molecule has 0 bridgehead atoms. The van der Waals surface area contributed by atoms with Crippen LogP contribution >= 0.6 is 15.9 Å². The van der Waals surface area contributed by atoms with Crippen molar-refractivity contribution in [2.45, 2.75) is 4.90 Å². The third kappa shape index (κ3) is 3.02. The highest BCUT2D eigenvalue weighted by molar-refractivity contribution is 9.10. The summed E-state index contributed by atoms with van der Waals surface area (Å²) in [6.07, 6.45) is 0. The lowest BCUT2D eigenvalue weighted by Gasteiger charge is -2.08. The van der Waals surface area contributed by atoms with Gasteiger partial charge in [0.15, 0.2) is 0 Å². The summed E-state index contributed by atoms with van der Waals surface area (Å²) in [5, 5.41) is 0. The summed E-state index contributed by atoms with van der Waals surface area (Å²) in [6.45, 7) is 0. The van der Waals surface area contributed by atoms with Gasteiger partial charge in [-0.3, -0.25) is 4.72 Å². The van der Waals surface area contributed by atoms with Gasteiger partial charge in [-0.25, -0.2) is 8.42 Å². The van der Waals surface area contributed by atoms with Gasteiger partial charge >= 0.3 is 0 Å². The summed E-state index contributed by atoms with van der Waals surface area (Å²) >= 11 is 3.29. The van der Waals surface area contributed by atoms with Gasteiger partial charge in [0.1, 0.15) is 0 Å². The zero-order valence-electron chi connectivity index (χ0n) is 9.30. The summed E-state index contributed by atoms with van der Waals surface area (Å²) in [4.78, 5) is 0.180. The van der Waals surface area contributed by atoms with Gasteiger partial charge in [0.25, 0.3) is 10.0 Å². The van der Waals surface area contributed by atoms with Crippen molar-refractivity contribution in [2.75, 3.05) is 10.5 Å². The van der Waals surface area contributed by atoms with Crippen LogP contribution in [0.25, 0.3) is 0 Å². The van der Waals surface area contributed by atoms with Crippen LogP contribution < -0.4 is 10.5 Å². The Balaban J connectivity index is 2.27. The van der Waals surface area contributed by atoms with Crippen molar-refractivity contribution in [2.24, 2.45) is 0 Å². The van der Waals surface area contributed by atoms with E-state index >= 15 is 0 Å². The Kier molecular flexibility index (Phi) is 3.58. The Morgan fingerprint density at radius 1 is 0.944 bits per heavy atom. The van der Waals surface area contributed by atoms with E-state index < -0.39 is 10.0 Å². The normalized spacial score (nSPS) is 11.2. The molecule has 0 fully saturated rings. The number of halogens is 1. The molecule has 0 heterocycles. The van der Waals surface area contributed by atoms with Crippen LogP contribution in [0.3, 0.4) is 0 Å². The third-order valence-corrected chi connectivity index (χ3v) is 4.21. The number of benzene rings is 2. The molecule has 94 valence electrons. The first-order valence-corrected chi connectivity index (χ1v) is 7.39. The quantitative estimate of drug-likeness (QED) is 0.852. The van der Waals surface area contributed by atoms with E-state index in [1.165, 1.54) is 12.1 Å². The number of rotatable bonds is 3. The molecule has 0 amide bonds. The molecule has 3 N–H and O–H groups in total. The first-order valence-electron chi connectivity index (χ1n) is 5.11. The molecule has 0 atom stereocenters. The molecular weight excluding hydrogens is 316 g/mol. The molecule has 0 saturated heterocycles. The number of nitrogens with one attached hydrogen (secondary N) is 1. The van der Waals surface area contributed by atoms with Gasteiger partial charge in [-0.15, -0.1) is 0 Å². The molecule has 0 aliphatic carbocycles. The molecule has 0 spiro atoms. The Morgan fingerprint density at radius 2 is 1.50 bits per heavy atom. The smallest absolute Gasteiger partial charge is 0.261 e. The van der Waals surface area contributed by atoms with E-state index in [1.54, 1.807) is 36.4 Å². The van der Waals surface area contributed by atoms with Gasteiger partial charge in [0, 0.05) is 15.8 Å². The van der Waals surface area contributed by atoms with Crippen molar-refractivity contribution in [3.05, 3.63) is 53.0 Å². The molecule has 0 aliphatic rings. The van der Waals surface area contributed by atoms with E-state index in [0.29, 0.717) is 11.4 Å². The van der Waals surface area contributed by atoms with Gasteiger partial charge in [-0.1, -0.05) is 15.9 Å². The van der Waals surface area contributed by atoms with Gasteiger partial charge in [-0.05, 0) is 48.5 Å². The van der Waals surface area contributed by atoms with Crippen LogP contribution in [-0.2, 0) is 10.0 Å². The van der Waals surface area contributed by atoms with Crippen molar-refractivity contribution in [1.82, 2.24) is 0 Å². The molecule has 2 aromatic carbocycles. The van der Waals surface area contributed by atoms with Gasteiger partial charge in [0.2, 0.25) is 0 Å². The molecule has 2 rings (SSSR count). The average Bonchev–Trinajstić information content (AvgIpc) is 2.32. The summed E-state index contributed by atoms with van der Waals surface area (Å²) < 4.78 is 27.4. The lowest BCUT2D eigenvalue weighted by atomic mass is 10.3. The highest BCUT2D eigenvalue weighted by Gasteiger charge is 2.13. The fourth-order valence-electron chi connectivity index (χ4n) is 1.38.